The SMILES string of the molecule is CC(Sc1nc2c(cc1C#N)CCC2)C(=O)Nc1nccs1. The summed E-state index contributed by atoms with van der Waals surface area (Å²) in [5, 5.41) is 14.8. The molecule has 2 aromatic heterocycles. The summed E-state index contributed by atoms with van der Waals surface area (Å²) in [5.41, 5.74) is 2.79. The predicted molar refractivity (Wildman–Crippen MR) is 87.0 cm³/mol. The Morgan fingerprint density at radius 3 is 3.14 bits per heavy atom. The molecule has 0 saturated heterocycles. The molecular formula is C15H14N4OS2. The van der Waals surface area contributed by atoms with E-state index in [4.69, 9.17) is 0 Å². The number of thioether (sulfide) groups is 1. The molecule has 0 aromatic carbocycles. The molecule has 22 heavy (non-hydrogen) atoms. The first-order valence-electron chi connectivity index (χ1n) is 6.97. The number of rotatable bonds is 4. The monoisotopic (exact) mass is 330 g/mol. The maximum atomic E-state index is 12.2. The lowest BCUT2D eigenvalue weighted by molar-refractivity contribution is -0.115. The van der Waals surface area contributed by atoms with Gasteiger partial charge in [0.15, 0.2) is 5.13 Å². The van der Waals surface area contributed by atoms with Crippen LogP contribution in [0.5, 0.6) is 0 Å². The molecule has 1 N–H and O–H groups in total. The van der Waals surface area contributed by atoms with Crippen molar-refractivity contribution in [3.8, 4) is 6.07 Å². The number of aromatic nitrogens is 2. The number of aryl methyl sites for hydroxylation is 2. The summed E-state index contributed by atoms with van der Waals surface area (Å²) in [4.78, 5) is 20.8. The quantitative estimate of drug-likeness (QED) is 0.872. The van der Waals surface area contributed by atoms with Crippen LogP contribution in [0.25, 0.3) is 0 Å². The zero-order valence-corrected chi connectivity index (χ0v) is 13.6. The summed E-state index contributed by atoms with van der Waals surface area (Å²) in [6.45, 7) is 1.81. The van der Waals surface area contributed by atoms with Crippen LogP contribution in [0.15, 0.2) is 22.7 Å². The molecule has 112 valence electrons. The Morgan fingerprint density at radius 1 is 1.55 bits per heavy atom. The Kier molecular flexibility index (Phi) is 4.41. The van der Waals surface area contributed by atoms with E-state index in [0.717, 1.165) is 25.0 Å². The van der Waals surface area contributed by atoms with Gasteiger partial charge in [-0.25, -0.2) is 9.97 Å². The van der Waals surface area contributed by atoms with Gasteiger partial charge in [-0.2, -0.15) is 5.26 Å². The molecule has 2 heterocycles. The van der Waals surface area contributed by atoms with Crippen LogP contribution in [0, 0.1) is 11.3 Å². The van der Waals surface area contributed by atoms with E-state index in [2.05, 4.69) is 21.4 Å². The summed E-state index contributed by atoms with van der Waals surface area (Å²) in [6, 6.07) is 4.11. The fourth-order valence-corrected chi connectivity index (χ4v) is 3.76. The van der Waals surface area contributed by atoms with E-state index in [-0.39, 0.29) is 11.2 Å². The highest BCUT2D eigenvalue weighted by atomic mass is 32.2. The molecule has 1 aliphatic carbocycles. The number of amides is 1. The molecule has 0 saturated carbocycles. The first kappa shape index (κ1) is 15.0. The van der Waals surface area contributed by atoms with Gasteiger partial charge in [0.1, 0.15) is 11.1 Å². The average Bonchev–Trinajstić information content (AvgIpc) is 3.17. The number of hydrogen-bond acceptors (Lipinski definition) is 6. The minimum Gasteiger partial charge on any atom is -0.301 e. The predicted octanol–water partition coefficient (Wildman–Crippen LogP) is 3.02. The number of nitrogens with one attached hydrogen (secondary N) is 1. The van der Waals surface area contributed by atoms with Crippen LogP contribution in [0.4, 0.5) is 5.13 Å². The van der Waals surface area contributed by atoms with Gasteiger partial charge >= 0.3 is 0 Å². The minimum atomic E-state index is -0.344. The fraction of sp³-hybridized carbons (Fsp3) is 0.333. The lowest BCUT2D eigenvalue weighted by Crippen LogP contribution is -2.22. The molecule has 0 bridgehead atoms. The van der Waals surface area contributed by atoms with Gasteiger partial charge in [0.25, 0.3) is 0 Å². The standard InChI is InChI=1S/C15H14N4OS2/c1-9(13(20)19-15-17-5-6-21-15)22-14-11(8-16)7-10-3-2-4-12(10)18-14/h5-7,9H,2-4H2,1H3,(H,17,19,20). The van der Waals surface area contributed by atoms with Crippen LogP contribution >= 0.6 is 23.1 Å². The van der Waals surface area contributed by atoms with E-state index >= 15 is 0 Å². The number of carbonyl (C=O) groups excluding carboxylic acids is 1. The van der Waals surface area contributed by atoms with Gasteiger partial charge < -0.3 is 5.32 Å². The summed E-state index contributed by atoms with van der Waals surface area (Å²) in [5.74, 6) is -0.133. The Hall–Kier alpha value is -1.91. The molecule has 7 heteroatoms. The van der Waals surface area contributed by atoms with Gasteiger partial charge in [-0.1, -0.05) is 11.8 Å². The summed E-state index contributed by atoms with van der Waals surface area (Å²) >= 11 is 2.70. The number of pyridine rings is 1. The Labute approximate surface area is 136 Å². The van der Waals surface area contributed by atoms with Crippen molar-refractivity contribution in [2.75, 3.05) is 5.32 Å². The maximum Gasteiger partial charge on any atom is 0.239 e. The van der Waals surface area contributed by atoms with Crippen LogP contribution in [0.1, 0.15) is 30.2 Å². The van der Waals surface area contributed by atoms with E-state index in [1.165, 1.54) is 28.7 Å². The third-order valence-corrected chi connectivity index (χ3v) is 5.25. The lowest BCUT2D eigenvalue weighted by atomic mass is 10.2. The van der Waals surface area contributed by atoms with Crippen molar-refractivity contribution in [2.24, 2.45) is 0 Å². The lowest BCUT2D eigenvalue weighted by Gasteiger charge is -2.12. The van der Waals surface area contributed by atoms with Gasteiger partial charge in [0, 0.05) is 17.3 Å². The third kappa shape index (κ3) is 3.13. The number of carbonyl (C=O) groups is 1. The topological polar surface area (TPSA) is 78.7 Å². The highest BCUT2D eigenvalue weighted by Crippen LogP contribution is 2.30. The van der Waals surface area contributed by atoms with Crippen molar-refractivity contribution in [1.29, 1.82) is 5.26 Å². The zero-order chi connectivity index (χ0) is 15.5. The van der Waals surface area contributed by atoms with Crippen LogP contribution in [0.3, 0.4) is 0 Å². The zero-order valence-electron chi connectivity index (χ0n) is 12.0. The van der Waals surface area contributed by atoms with Crippen LogP contribution < -0.4 is 5.32 Å². The highest BCUT2D eigenvalue weighted by molar-refractivity contribution is 8.00. The maximum absolute atomic E-state index is 12.2. The van der Waals surface area contributed by atoms with Crippen molar-refractivity contribution in [1.82, 2.24) is 9.97 Å². The van der Waals surface area contributed by atoms with Crippen LogP contribution in [-0.2, 0) is 17.6 Å². The molecular weight excluding hydrogens is 316 g/mol. The first-order chi connectivity index (χ1) is 10.7. The highest BCUT2D eigenvalue weighted by Gasteiger charge is 2.21. The van der Waals surface area contributed by atoms with Gasteiger partial charge in [-0.05, 0) is 37.8 Å². The molecule has 1 atom stereocenters. The molecule has 1 amide bonds. The van der Waals surface area contributed by atoms with Crippen molar-refractivity contribution in [3.05, 3.63) is 34.5 Å². The molecule has 0 spiro atoms. The van der Waals surface area contributed by atoms with Gasteiger partial charge in [0.2, 0.25) is 5.91 Å². The molecule has 0 radical (unpaired) electrons. The van der Waals surface area contributed by atoms with E-state index in [1.807, 2.05) is 18.4 Å². The van der Waals surface area contributed by atoms with E-state index in [0.29, 0.717) is 15.7 Å². The summed E-state index contributed by atoms with van der Waals surface area (Å²) in [6.07, 6.45) is 4.67. The molecule has 0 fully saturated rings. The number of fused-ring (bicyclic) bond motifs is 1. The average molecular weight is 330 g/mol. The molecule has 1 aliphatic rings. The van der Waals surface area contributed by atoms with Crippen molar-refractivity contribution in [3.63, 3.8) is 0 Å². The number of anilines is 1. The number of thiazole rings is 1. The Bertz CT molecular complexity index is 737. The van der Waals surface area contributed by atoms with E-state index in [1.54, 1.807) is 6.20 Å². The molecule has 3 rings (SSSR count). The van der Waals surface area contributed by atoms with E-state index in [9.17, 15) is 10.1 Å². The molecule has 0 aliphatic heterocycles. The second kappa shape index (κ2) is 6.46. The Morgan fingerprint density at radius 2 is 2.41 bits per heavy atom. The van der Waals surface area contributed by atoms with E-state index < -0.39 is 0 Å². The van der Waals surface area contributed by atoms with Gasteiger partial charge in [-0.15, -0.1) is 11.3 Å². The second-order valence-corrected chi connectivity index (χ2v) is 7.22. The largest absolute Gasteiger partial charge is 0.301 e. The van der Waals surface area contributed by atoms with Crippen molar-refractivity contribution in [2.45, 2.75) is 36.5 Å². The molecule has 2 aromatic rings. The smallest absolute Gasteiger partial charge is 0.239 e. The second-order valence-electron chi connectivity index (χ2n) is 5.00. The molecule has 5 nitrogen and oxygen atoms in total. The Balaban J connectivity index is 1.75. The third-order valence-electron chi connectivity index (χ3n) is 3.46. The first-order valence-corrected chi connectivity index (χ1v) is 8.73. The molecule has 1 unspecified atom stereocenters. The number of nitriles is 1. The van der Waals surface area contributed by atoms with Crippen molar-refractivity contribution >= 4 is 34.1 Å². The number of nitrogens with zero attached hydrogens (tertiary/aromatic N) is 3. The van der Waals surface area contributed by atoms with Crippen LogP contribution in [-0.4, -0.2) is 21.1 Å². The van der Waals surface area contributed by atoms with Crippen molar-refractivity contribution < 1.29 is 4.79 Å². The summed E-state index contributed by atoms with van der Waals surface area (Å²) in [7, 11) is 0. The van der Waals surface area contributed by atoms with Gasteiger partial charge in [0.05, 0.1) is 10.8 Å². The fourth-order valence-electron chi connectivity index (χ4n) is 2.34. The van der Waals surface area contributed by atoms with Gasteiger partial charge in [-0.3, -0.25) is 4.79 Å². The summed E-state index contributed by atoms with van der Waals surface area (Å²) < 4.78 is 0. The van der Waals surface area contributed by atoms with Crippen LogP contribution in [0.2, 0.25) is 0 Å². The number of hydrogen-bond donors (Lipinski definition) is 1. The minimum absolute atomic E-state index is 0.133. The normalized spacial score (nSPS) is 14.2.